The highest BCUT2D eigenvalue weighted by atomic mass is 15.2. The minimum absolute atomic E-state index is 0.314. The maximum absolute atomic E-state index is 4.25. The van der Waals surface area contributed by atoms with Crippen LogP contribution in [-0.2, 0) is 6.54 Å². The van der Waals surface area contributed by atoms with Crippen LogP contribution in [0.25, 0.3) is 0 Å². The van der Waals surface area contributed by atoms with Crippen LogP contribution in [0.3, 0.4) is 0 Å². The van der Waals surface area contributed by atoms with E-state index < -0.39 is 0 Å². The van der Waals surface area contributed by atoms with Gasteiger partial charge in [0.05, 0.1) is 0 Å². The van der Waals surface area contributed by atoms with Crippen LogP contribution in [0, 0.1) is 6.92 Å². The molecule has 100 valence electrons. The van der Waals surface area contributed by atoms with Gasteiger partial charge in [0.1, 0.15) is 0 Å². The van der Waals surface area contributed by atoms with Gasteiger partial charge in [-0.05, 0) is 37.0 Å². The van der Waals surface area contributed by atoms with Crippen molar-refractivity contribution in [2.45, 2.75) is 45.7 Å². The maximum Gasteiger partial charge on any atom is 0.0315 e. The molecular formula is C15H25N3. The Bertz CT molecular complexity index is 385. The zero-order valence-corrected chi connectivity index (χ0v) is 11.9. The summed E-state index contributed by atoms with van der Waals surface area (Å²) in [4.78, 5) is 6.81. The second-order valence-electron chi connectivity index (χ2n) is 5.43. The van der Waals surface area contributed by atoms with Gasteiger partial charge in [-0.15, -0.1) is 0 Å². The number of hydrogen-bond donors (Lipinski definition) is 1. The first-order valence-electron chi connectivity index (χ1n) is 7.06. The molecule has 0 amide bonds. The standard InChI is InChI=1S/C15H25N3/c1-4-15(5-2)12-18(9-8-17-15)11-14-10-16-7-6-13(14)3/h6-7,10,17H,4-5,8-9,11-12H2,1-3H3. The lowest BCUT2D eigenvalue weighted by Gasteiger charge is -2.43. The monoisotopic (exact) mass is 247 g/mol. The smallest absolute Gasteiger partial charge is 0.0315 e. The second kappa shape index (κ2) is 5.81. The minimum Gasteiger partial charge on any atom is -0.309 e. The number of piperazine rings is 1. The van der Waals surface area contributed by atoms with Gasteiger partial charge in [-0.1, -0.05) is 13.8 Å². The largest absolute Gasteiger partial charge is 0.309 e. The summed E-state index contributed by atoms with van der Waals surface area (Å²) < 4.78 is 0. The van der Waals surface area contributed by atoms with Crippen LogP contribution < -0.4 is 5.32 Å². The molecule has 3 heteroatoms. The molecule has 1 aliphatic rings. The SMILES string of the molecule is CCC1(CC)CN(Cc2cnccc2C)CCN1. The number of aromatic nitrogens is 1. The fourth-order valence-electron chi connectivity index (χ4n) is 2.80. The molecule has 2 heterocycles. The van der Waals surface area contributed by atoms with Crippen LogP contribution in [0.4, 0.5) is 0 Å². The van der Waals surface area contributed by atoms with Crippen molar-refractivity contribution in [3.05, 3.63) is 29.6 Å². The lowest BCUT2D eigenvalue weighted by atomic mass is 9.90. The molecular weight excluding hydrogens is 222 g/mol. The zero-order valence-electron chi connectivity index (χ0n) is 11.9. The molecule has 1 fully saturated rings. The summed E-state index contributed by atoms with van der Waals surface area (Å²) in [5.74, 6) is 0. The molecule has 0 aromatic carbocycles. The second-order valence-corrected chi connectivity index (χ2v) is 5.43. The van der Waals surface area contributed by atoms with E-state index in [2.05, 4.69) is 42.0 Å². The molecule has 0 saturated carbocycles. The van der Waals surface area contributed by atoms with Crippen LogP contribution in [0.2, 0.25) is 0 Å². The molecule has 1 N–H and O–H groups in total. The van der Waals surface area contributed by atoms with E-state index in [0.717, 1.165) is 26.2 Å². The van der Waals surface area contributed by atoms with E-state index in [1.165, 1.54) is 24.0 Å². The van der Waals surface area contributed by atoms with Gasteiger partial charge in [-0.2, -0.15) is 0 Å². The van der Waals surface area contributed by atoms with Crippen molar-refractivity contribution in [2.75, 3.05) is 19.6 Å². The predicted octanol–water partition coefficient (Wildman–Crippen LogP) is 2.35. The summed E-state index contributed by atoms with van der Waals surface area (Å²) in [7, 11) is 0. The van der Waals surface area contributed by atoms with Gasteiger partial charge >= 0.3 is 0 Å². The van der Waals surface area contributed by atoms with E-state index >= 15 is 0 Å². The quantitative estimate of drug-likeness (QED) is 0.885. The third-order valence-corrected chi connectivity index (χ3v) is 4.35. The Morgan fingerprint density at radius 1 is 1.39 bits per heavy atom. The molecule has 1 saturated heterocycles. The van der Waals surface area contributed by atoms with Crippen molar-refractivity contribution in [2.24, 2.45) is 0 Å². The lowest BCUT2D eigenvalue weighted by molar-refractivity contribution is 0.118. The molecule has 0 aliphatic carbocycles. The highest BCUT2D eigenvalue weighted by Gasteiger charge is 2.31. The van der Waals surface area contributed by atoms with Gasteiger partial charge < -0.3 is 5.32 Å². The molecule has 0 atom stereocenters. The number of pyridine rings is 1. The first-order valence-corrected chi connectivity index (χ1v) is 7.06. The average molecular weight is 247 g/mol. The Labute approximate surface area is 111 Å². The van der Waals surface area contributed by atoms with Crippen molar-refractivity contribution < 1.29 is 0 Å². The van der Waals surface area contributed by atoms with E-state index in [4.69, 9.17) is 0 Å². The minimum atomic E-state index is 0.314. The van der Waals surface area contributed by atoms with Crippen molar-refractivity contribution in [3.63, 3.8) is 0 Å². The molecule has 0 bridgehead atoms. The van der Waals surface area contributed by atoms with Gasteiger partial charge in [-0.25, -0.2) is 0 Å². The average Bonchev–Trinajstić information content (AvgIpc) is 2.41. The summed E-state index contributed by atoms with van der Waals surface area (Å²) in [6, 6.07) is 2.10. The van der Waals surface area contributed by atoms with E-state index in [1.54, 1.807) is 0 Å². The Morgan fingerprint density at radius 2 is 2.17 bits per heavy atom. The molecule has 1 aromatic rings. The van der Waals surface area contributed by atoms with Crippen molar-refractivity contribution >= 4 is 0 Å². The third kappa shape index (κ3) is 2.90. The normalized spacial score (nSPS) is 19.9. The van der Waals surface area contributed by atoms with E-state index in [1.807, 2.05) is 12.4 Å². The molecule has 0 radical (unpaired) electrons. The number of nitrogens with zero attached hydrogens (tertiary/aromatic N) is 2. The predicted molar refractivity (Wildman–Crippen MR) is 75.6 cm³/mol. The fraction of sp³-hybridized carbons (Fsp3) is 0.667. The van der Waals surface area contributed by atoms with Gasteiger partial charge in [0.2, 0.25) is 0 Å². The molecule has 1 aliphatic heterocycles. The summed E-state index contributed by atoms with van der Waals surface area (Å²) in [6.07, 6.45) is 6.29. The van der Waals surface area contributed by atoms with Crippen LogP contribution in [0.5, 0.6) is 0 Å². The van der Waals surface area contributed by atoms with Crippen molar-refractivity contribution in [1.82, 2.24) is 15.2 Å². The molecule has 2 rings (SSSR count). The Kier molecular flexibility index (Phi) is 4.36. The van der Waals surface area contributed by atoms with Crippen LogP contribution in [0.1, 0.15) is 37.8 Å². The highest BCUT2D eigenvalue weighted by molar-refractivity contribution is 5.21. The summed E-state index contributed by atoms with van der Waals surface area (Å²) >= 11 is 0. The third-order valence-electron chi connectivity index (χ3n) is 4.35. The molecule has 3 nitrogen and oxygen atoms in total. The molecule has 18 heavy (non-hydrogen) atoms. The van der Waals surface area contributed by atoms with Crippen molar-refractivity contribution in [1.29, 1.82) is 0 Å². The van der Waals surface area contributed by atoms with Gasteiger partial charge in [0.15, 0.2) is 0 Å². The number of nitrogens with one attached hydrogen (secondary N) is 1. The number of aryl methyl sites for hydroxylation is 1. The number of rotatable bonds is 4. The Balaban J connectivity index is 2.04. The van der Waals surface area contributed by atoms with E-state index in [0.29, 0.717) is 5.54 Å². The zero-order chi connectivity index (χ0) is 13.0. The molecule has 1 aromatic heterocycles. The number of hydrogen-bond acceptors (Lipinski definition) is 3. The van der Waals surface area contributed by atoms with Crippen LogP contribution in [0.15, 0.2) is 18.5 Å². The lowest BCUT2D eigenvalue weighted by Crippen LogP contribution is -2.59. The first-order chi connectivity index (χ1) is 8.69. The molecule has 0 unspecified atom stereocenters. The van der Waals surface area contributed by atoms with Crippen molar-refractivity contribution in [3.8, 4) is 0 Å². The van der Waals surface area contributed by atoms with Gasteiger partial charge in [0, 0.05) is 44.1 Å². The van der Waals surface area contributed by atoms with Gasteiger partial charge in [-0.3, -0.25) is 9.88 Å². The topological polar surface area (TPSA) is 28.2 Å². The fourth-order valence-corrected chi connectivity index (χ4v) is 2.80. The highest BCUT2D eigenvalue weighted by Crippen LogP contribution is 2.21. The Hall–Kier alpha value is -0.930. The molecule has 0 spiro atoms. The maximum atomic E-state index is 4.25. The van der Waals surface area contributed by atoms with Crippen LogP contribution >= 0.6 is 0 Å². The first kappa shape index (κ1) is 13.5. The van der Waals surface area contributed by atoms with Crippen LogP contribution in [-0.4, -0.2) is 35.1 Å². The summed E-state index contributed by atoms with van der Waals surface area (Å²) in [6.45, 7) is 11.2. The summed E-state index contributed by atoms with van der Waals surface area (Å²) in [5, 5.41) is 3.71. The Morgan fingerprint density at radius 3 is 2.83 bits per heavy atom. The van der Waals surface area contributed by atoms with E-state index in [-0.39, 0.29) is 0 Å². The summed E-state index contributed by atoms with van der Waals surface area (Å²) in [5.41, 5.74) is 3.02. The van der Waals surface area contributed by atoms with Gasteiger partial charge in [0.25, 0.3) is 0 Å². The van der Waals surface area contributed by atoms with E-state index in [9.17, 15) is 0 Å².